The highest BCUT2D eigenvalue weighted by molar-refractivity contribution is 5.93. The molecule has 4 rings (SSSR count). The third kappa shape index (κ3) is 4.86. The Morgan fingerprint density at radius 2 is 2.00 bits per heavy atom. The Morgan fingerprint density at radius 1 is 1.26 bits per heavy atom. The summed E-state index contributed by atoms with van der Waals surface area (Å²) in [6.45, 7) is 9.33. The molecule has 3 heterocycles. The van der Waals surface area contributed by atoms with Gasteiger partial charge < -0.3 is 23.7 Å². The minimum atomic E-state index is -0.623. The number of nitrogens with zero attached hydrogens (tertiary/aromatic N) is 4. The van der Waals surface area contributed by atoms with Gasteiger partial charge in [0.15, 0.2) is 0 Å². The van der Waals surface area contributed by atoms with Crippen molar-refractivity contribution in [3.8, 4) is 0 Å². The van der Waals surface area contributed by atoms with E-state index in [-0.39, 0.29) is 24.6 Å². The van der Waals surface area contributed by atoms with Crippen LogP contribution in [-0.2, 0) is 25.5 Å². The van der Waals surface area contributed by atoms with Gasteiger partial charge in [-0.1, -0.05) is 0 Å². The van der Waals surface area contributed by atoms with Crippen LogP contribution >= 0.6 is 0 Å². The number of piperazine rings is 1. The number of imidazole rings is 1. The molecule has 2 aromatic rings. The maximum atomic E-state index is 13.0. The van der Waals surface area contributed by atoms with Crippen LogP contribution in [0.4, 0.5) is 4.79 Å². The molecule has 2 aliphatic rings. The lowest BCUT2D eigenvalue weighted by Crippen LogP contribution is -2.54. The summed E-state index contributed by atoms with van der Waals surface area (Å²) in [5.74, 6) is 0.127. The van der Waals surface area contributed by atoms with Gasteiger partial charge in [0.25, 0.3) is 0 Å². The van der Waals surface area contributed by atoms with Crippen molar-refractivity contribution >= 4 is 29.0 Å². The van der Waals surface area contributed by atoms with Crippen LogP contribution in [0.2, 0.25) is 0 Å². The van der Waals surface area contributed by atoms with Gasteiger partial charge in [0, 0.05) is 19.7 Å². The first-order valence-electron chi connectivity index (χ1n) is 11.5. The van der Waals surface area contributed by atoms with Gasteiger partial charge in [-0.3, -0.25) is 9.69 Å². The van der Waals surface area contributed by atoms with Crippen molar-refractivity contribution in [3.05, 3.63) is 29.6 Å². The summed E-state index contributed by atoms with van der Waals surface area (Å²) in [6.07, 6.45) is 0.514. The summed E-state index contributed by atoms with van der Waals surface area (Å²) < 4.78 is 18.0. The van der Waals surface area contributed by atoms with E-state index in [2.05, 4.69) is 0 Å². The minimum absolute atomic E-state index is 0.0439. The molecule has 0 radical (unpaired) electrons. The maximum absolute atomic E-state index is 13.0. The van der Waals surface area contributed by atoms with Crippen molar-refractivity contribution in [3.63, 3.8) is 0 Å². The molecule has 0 unspecified atom stereocenters. The van der Waals surface area contributed by atoms with Crippen molar-refractivity contribution in [1.82, 2.24) is 19.4 Å². The number of hydrogen-bond acceptors (Lipinski definition) is 7. The third-order valence-electron chi connectivity index (χ3n) is 6.13. The second kappa shape index (κ2) is 9.25. The predicted molar refractivity (Wildman–Crippen MR) is 123 cm³/mol. The van der Waals surface area contributed by atoms with Crippen LogP contribution in [0, 0.1) is 0 Å². The average Bonchev–Trinajstić information content (AvgIpc) is 3.11. The molecule has 10 heteroatoms. The van der Waals surface area contributed by atoms with E-state index in [1.807, 2.05) is 11.5 Å². The van der Waals surface area contributed by atoms with Crippen LogP contribution in [0.5, 0.6) is 0 Å². The van der Waals surface area contributed by atoms with Crippen LogP contribution in [0.1, 0.15) is 56.3 Å². The summed E-state index contributed by atoms with van der Waals surface area (Å²) >= 11 is 0. The summed E-state index contributed by atoms with van der Waals surface area (Å²) in [5, 5.41) is 0. The number of fused-ring (bicyclic) bond motifs is 1. The summed E-state index contributed by atoms with van der Waals surface area (Å²) in [5.41, 5.74) is 1.34. The van der Waals surface area contributed by atoms with Crippen LogP contribution < -0.4 is 0 Å². The number of amides is 2. The molecule has 0 bridgehead atoms. The molecule has 2 amide bonds. The van der Waals surface area contributed by atoms with E-state index in [1.54, 1.807) is 43.9 Å². The Morgan fingerprint density at radius 3 is 2.59 bits per heavy atom. The number of hydrogen-bond donors (Lipinski definition) is 0. The Balaban J connectivity index is 1.59. The molecular formula is C24H32N4O6. The first kappa shape index (κ1) is 24.0. The topological polar surface area (TPSA) is 103 Å². The van der Waals surface area contributed by atoms with E-state index in [0.717, 1.165) is 24.1 Å². The lowest BCUT2D eigenvalue weighted by molar-refractivity contribution is -0.138. The number of rotatable bonds is 5. The van der Waals surface area contributed by atoms with Crippen LogP contribution in [-0.4, -0.2) is 82.4 Å². The normalized spacial score (nSPS) is 19.7. The maximum Gasteiger partial charge on any atom is 0.410 e. The molecule has 0 N–H and O–H groups in total. The number of methoxy groups -OCH3 is 1. The number of esters is 1. The molecule has 2 atom stereocenters. The molecule has 2 fully saturated rings. The molecule has 2 aliphatic heterocycles. The standard InChI is InChI=1S/C24H32N4O6/c1-15(27-10-9-26(14-20(27)29)23(31)34-24(2,3)4)21-25-18-7-6-16(22(30)32-5)12-19(18)28(21)13-17-8-11-33-17/h6-7,12,15,17H,8-11,13-14H2,1-5H3/t15-,17-/m0/s1. The largest absolute Gasteiger partial charge is 0.465 e. The fraction of sp³-hybridized carbons (Fsp3) is 0.583. The number of ether oxygens (including phenoxy) is 3. The minimum Gasteiger partial charge on any atom is -0.465 e. The Kier molecular flexibility index (Phi) is 6.53. The first-order chi connectivity index (χ1) is 16.1. The van der Waals surface area contributed by atoms with Gasteiger partial charge in [-0.2, -0.15) is 0 Å². The lowest BCUT2D eigenvalue weighted by atomic mass is 10.1. The van der Waals surface area contributed by atoms with Crippen molar-refractivity contribution in [2.24, 2.45) is 0 Å². The monoisotopic (exact) mass is 472 g/mol. The van der Waals surface area contributed by atoms with E-state index in [0.29, 0.717) is 31.0 Å². The highest BCUT2D eigenvalue weighted by Gasteiger charge is 2.35. The summed E-state index contributed by atoms with van der Waals surface area (Å²) in [4.78, 5) is 45.5. The van der Waals surface area contributed by atoms with E-state index < -0.39 is 17.7 Å². The number of benzene rings is 1. The SMILES string of the molecule is COC(=O)c1ccc2nc([C@H](C)N3CCN(C(=O)OC(C)(C)C)CC3=O)n(C[C@@H]3CCO3)c2c1. The van der Waals surface area contributed by atoms with Crippen LogP contribution in [0.25, 0.3) is 11.0 Å². The molecule has 34 heavy (non-hydrogen) atoms. The Bertz CT molecular complexity index is 1100. The molecule has 0 saturated carbocycles. The van der Waals surface area contributed by atoms with Crippen molar-refractivity contribution in [2.75, 3.05) is 33.4 Å². The highest BCUT2D eigenvalue weighted by atomic mass is 16.6. The van der Waals surface area contributed by atoms with Gasteiger partial charge in [0.05, 0.1) is 42.4 Å². The van der Waals surface area contributed by atoms with Crippen molar-refractivity contribution in [1.29, 1.82) is 0 Å². The third-order valence-corrected chi connectivity index (χ3v) is 6.13. The average molecular weight is 473 g/mol. The van der Waals surface area contributed by atoms with E-state index in [1.165, 1.54) is 12.0 Å². The predicted octanol–water partition coefficient (Wildman–Crippen LogP) is 2.75. The quantitative estimate of drug-likeness (QED) is 0.617. The van der Waals surface area contributed by atoms with E-state index in [9.17, 15) is 14.4 Å². The Labute approximate surface area is 198 Å². The van der Waals surface area contributed by atoms with Gasteiger partial charge in [0.2, 0.25) is 5.91 Å². The van der Waals surface area contributed by atoms with Crippen LogP contribution in [0.3, 0.4) is 0 Å². The fourth-order valence-corrected chi connectivity index (χ4v) is 4.25. The second-order valence-corrected chi connectivity index (χ2v) is 9.72. The zero-order valence-corrected chi connectivity index (χ0v) is 20.4. The summed E-state index contributed by atoms with van der Waals surface area (Å²) in [7, 11) is 1.35. The van der Waals surface area contributed by atoms with Gasteiger partial charge in [-0.15, -0.1) is 0 Å². The number of carbonyl (C=O) groups excluding carboxylic acids is 3. The summed E-state index contributed by atoms with van der Waals surface area (Å²) in [6, 6.07) is 4.91. The van der Waals surface area contributed by atoms with Gasteiger partial charge in [-0.05, 0) is 52.3 Å². The van der Waals surface area contributed by atoms with Gasteiger partial charge in [-0.25, -0.2) is 14.6 Å². The van der Waals surface area contributed by atoms with E-state index >= 15 is 0 Å². The molecule has 2 saturated heterocycles. The fourth-order valence-electron chi connectivity index (χ4n) is 4.25. The number of aromatic nitrogens is 2. The molecular weight excluding hydrogens is 440 g/mol. The Hall–Kier alpha value is -3.14. The zero-order valence-electron chi connectivity index (χ0n) is 20.4. The zero-order chi connectivity index (χ0) is 24.6. The molecule has 0 spiro atoms. The van der Waals surface area contributed by atoms with Gasteiger partial charge >= 0.3 is 12.1 Å². The molecule has 1 aromatic heterocycles. The van der Waals surface area contributed by atoms with Crippen LogP contribution in [0.15, 0.2) is 18.2 Å². The first-order valence-corrected chi connectivity index (χ1v) is 11.5. The molecule has 10 nitrogen and oxygen atoms in total. The smallest absolute Gasteiger partial charge is 0.410 e. The highest BCUT2D eigenvalue weighted by Crippen LogP contribution is 2.29. The molecule has 0 aliphatic carbocycles. The van der Waals surface area contributed by atoms with Gasteiger partial charge in [0.1, 0.15) is 18.0 Å². The van der Waals surface area contributed by atoms with Crippen molar-refractivity contribution < 1.29 is 28.6 Å². The number of carbonyl (C=O) groups is 3. The molecule has 1 aromatic carbocycles. The molecule has 184 valence electrons. The van der Waals surface area contributed by atoms with Crippen molar-refractivity contribution in [2.45, 2.75) is 58.4 Å². The lowest BCUT2D eigenvalue weighted by Gasteiger charge is -2.38. The second-order valence-electron chi connectivity index (χ2n) is 9.72. The van der Waals surface area contributed by atoms with E-state index in [4.69, 9.17) is 19.2 Å².